The van der Waals surface area contributed by atoms with Crippen molar-refractivity contribution < 1.29 is 24.0 Å². The van der Waals surface area contributed by atoms with Gasteiger partial charge in [-0.15, -0.1) is 0 Å². The maximum absolute atomic E-state index is 13.6. The first-order chi connectivity index (χ1) is 20.5. The fraction of sp³-hybridized carbons (Fsp3) is 0.257. The monoisotopic (exact) mass is 560 g/mol. The van der Waals surface area contributed by atoms with Crippen LogP contribution in [-0.2, 0) is 17.6 Å². The van der Waals surface area contributed by atoms with Gasteiger partial charge in [0.05, 0.1) is 29.7 Å². The zero-order valence-corrected chi connectivity index (χ0v) is 23.5. The Balaban J connectivity index is 1.28. The van der Waals surface area contributed by atoms with E-state index in [1.54, 1.807) is 7.11 Å². The van der Waals surface area contributed by atoms with Crippen LogP contribution in [0.4, 0.5) is 5.69 Å². The van der Waals surface area contributed by atoms with E-state index in [4.69, 9.17) is 14.3 Å². The number of ether oxygens (including phenoxy) is 1. The summed E-state index contributed by atoms with van der Waals surface area (Å²) in [5, 5.41) is 15.6. The second-order valence-corrected chi connectivity index (χ2v) is 10.9. The number of benzene rings is 3. The van der Waals surface area contributed by atoms with Crippen molar-refractivity contribution in [1.82, 2.24) is 5.16 Å². The Morgan fingerprint density at radius 2 is 1.48 bits per heavy atom. The Morgan fingerprint density at radius 1 is 0.857 bits per heavy atom. The van der Waals surface area contributed by atoms with Gasteiger partial charge < -0.3 is 14.4 Å². The number of allylic oxidation sites excluding steroid dienone is 2. The van der Waals surface area contributed by atoms with E-state index in [0.717, 1.165) is 11.1 Å². The highest BCUT2D eigenvalue weighted by molar-refractivity contribution is 6.25. The molecule has 0 aliphatic heterocycles. The number of carbonyl (C=O) groups is 2. The van der Waals surface area contributed by atoms with Gasteiger partial charge in [0.25, 0.3) is 0 Å². The molecule has 2 atom stereocenters. The standard InChI is InChI=1S/C35H32N2O5/c1-41-32-15-9-8-14-26(32)36-28-18-24(22-10-4-2-5-11-22)19-30(39)34(28)29(38)17-16-27-35-31(40)20-25(21-33(35)42-37-27)23-12-6-3-7-13-23/h2-15,24-25,38H,16-21H2,1H3. The molecule has 3 aromatic carbocycles. The fourth-order valence-corrected chi connectivity index (χ4v) is 6.09. The summed E-state index contributed by atoms with van der Waals surface area (Å²) in [6, 6.07) is 27.2. The van der Waals surface area contributed by atoms with E-state index < -0.39 is 0 Å². The second kappa shape index (κ2) is 12.0. The fourth-order valence-electron chi connectivity index (χ4n) is 6.09. The molecule has 2 aliphatic rings. The van der Waals surface area contributed by atoms with Crippen molar-refractivity contribution in [3.05, 3.63) is 124 Å². The van der Waals surface area contributed by atoms with E-state index in [0.29, 0.717) is 53.4 Å². The predicted molar refractivity (Wildman–Crippen MR) is 160 cm³/mol. The van der Waals surface area contributed by atoms with Gasteiger partial charge >= 0.3 is 0 Å². The minimum absolute atomic E-state index is 0.00799. The first-order valence-corrected chi connectivity index (χ1v) is 14.3. The lowest BCUT2D eigenvalue weighted by Crippen LogP contribution is -2.26. The molecule has 2 unspecified atom stereocenters. The molecule has 42 heavy (non-hydrogen) atoms. The molecule has 6 rings (SSSR count). The molecule has 0 radical (unpaired) electrons. The van der Waals surface area contributed by atoms with Crippen molar-refractivity contribution in [3.63, 3.8) is 0 Å². The maximum atomic E-state index is 13.6. The van der Waals surface area contributed by atoms with Crippen LogP contribution in [0.2, 0.25) is 0 Å². The number of aliphatic imine (C=N–C) groups is 1. The number of fused-ring (bicyclic) bond motifs is 1. The van der Waals surface area contributed by atoms with E-state index in [2.05, 4.69) is 5.16 Å². The summed E-state index contributed by atoms with van der Waals surface area (Å²) in [4.78, 5) is 31.6. The molecule has 1 N–H and O–H groups in total. The van der Waals surface area contributed by atoms with Crippen molar-refractivity contribution >= 4 is 23.0 Å². The molecule has 212 valence electrons. The number of aliphatic hydroxyl groups excluding tert-OH is 1. The topological polar surface area (TPSA) is 102 Å². The predicted octanol–water partition coefficient (Wildman–Crippen LogP) is 7.26. The highest BCUT2D eigenvalue weighted by Crippen LogP contribution is 2.38. The lowest BCUT2D eigenvalue weighted by Gasteiger charge is -2.26. The van der Waals surface area contributed by atoms with E-state index in [1.165, 1.54) is 0 Å². The molecule has 2 aliphatic carbocycles. The van der Waals surface area contributed by atoms with Crippen LogP contribution < -0.4 is 4.74 Å². The van der Waals surface area contributed by atoms with Gasteiger partial charge in [-0.1, -0.05) is 78.0 Å². The Hall–Kier alpha value is -4.78. The van der Waals surface area contributed by atoms with Gasteiger partial charge in [0, 0.05) is 32.1 Å². The molecule has 0 saturated heterocycles. The number of methoxy groups -OCH3 is 1. The van der Waals surface area contributed by atoms with E-state index >= 15 is 0 Å². The summed E-state index contributed by atoms with van der Waals surface area (Å²) in [5.74, 6) is 0.939. The van der Waals surface area contributed by atoms with Crippen LogP contribution in [0.1, 0.15) is 70.5 Å². The van der Waals surface area contributed by atoms with Crippen LogP contribution in [-0.4, -0.2) is 34.7 Å². The molecule has 4 aromatic rings. The minimum atomic E-state index is -0.162. The lowest BCUT2D eigenvalue weighted by molar-refractivity contribution is -0.116. The van der Waals surface area contributed by atoms with Gasteiger partial charge in [-0.3, -0.25) is 9.59 Å². The van der Waals surface area contributed by atoms with Gasteiger partial charge in [-0.25, -0.2) is 4.99 Å². The summed E-state index contributed by atoms with van der Waals surface area (Å²) < 4.78 is 11.1. The largest absolute Gasteiger partial charge is 0.511 e. The van der Waals surface area contributed by atoms with Gasteiger partial charge in [-0.05, 0) is 41.5 Å². The zero-order chi connectivity index (χ0) is 29.1. The number of aryl methyl sites for hydroxylation is 1. The highest BCUT2D eigenvalue weighted by atomic mass is 16.5. The molecular weight excluding hydrogens is 528 g/mol. The first kappa shape index (κ1) is 27.4. The van der Waals surface area contributed by atoms with E-state index in [1.807, 2.05) is 84.9 Å². The molecule has 1 aromatic heterocycles. The SMILES string of the molecule is COc1ccccc1N=C1CC(c2ccccc2)CC(=O)C1=C(O)CCc1noc2c1C(=O)CC(c1ccccc1)C2. The molecule has 0 amide bonds. The smallest absolute Gasteiger partial charge is 0.168 e. The Kier molecular flexibility index (Phi) is 7.82. The average molecular weight is 561 g/mol. The number of carbonyl (C=O) groups excluding carboxylic acids is 2. The number of hydrogen-bond donors (Lipinski definition) is 1. The van der Waals surface area contributed by atoms with Crippen LogP contribution in [0.5, 0.6) is 5.75 Å². The van der Waals surface area contributed by atoms with E-state index in [9.17, 15) is 14.7 Å². The summed E-state index contributed by atoms with van der Waals surface area (Å²) in [5.41, 5.74) is 4.53. The van der Waals surface area contributed by atoms with Gasteiger partial charge in [0.2, 0.25) is 0 Å². The number of rotatable bonds is 7. The van der Waals surface area contributed by atoms with Crippen molar-refractivity contribution in [3.8, 4) is 5.75 Å². The minimum Gasteiger partial charge on any atom is -0.511 e. The van der Waals surface area contributed by atoms with Crippen LogP contribution >= 0.6 is 0 Å². The number of Topliss-reactive ketones (excluding diaryl/α,β-unsaturated/α-hetero) is 2. The number of aromatic nitrogens is 1. The molecule has 1 fully saturated rings. The van der Waals surface area contributed by atoms with Gasteiger partial charge in [0.15, 0.2) is 11.6 Å². The van der Waals surface area contributed by atoms with Crippen molar-refractivity contribution in [2.45, 2.75) is 50.4 Å². The van der Waals surface area contributed by atoms with Crippen molar-refractivity contribution in [1.29, 1.82) is 0 Å². The summed E-state index contributed by atoms with van der Waals surface area (Å²) >= 11 is 0. The Bertz CT molecular complexity index is 1670. The first-order valence-electron chi connectivity index (χ1n) is 14.3. The van der Waals surface area contributed by atoms with Crippen molar-refractivity contribution in [2.75, 3.05) is 7.11 Å². The van der Waals surface area contributed by atoms with Crippen molar-refractivity contribution in [2.24, 2.45) is 4.99 Å². The van der Waals surface area contributed by atoms with Crippen LogP contribution in [0.3, 0.4) is 0 Å². The molecule has 7 heteroatoms. The number of ketones is 2. The molecule has 1 saturated carbocycles. The molecule has 0 spiro atoms. The van der Waals surface area contributed by atoms with Gasteiger partial charge in [-0.2, -0.15) is 0 Å². The summed E-state index contributed by atoms with van der Waals surface area (Å²) in [7, 11) is 1.58. The number of nitrogens with zero attached hydrogens (tertiary/aromatic N) is 2. The lowest BCUT2D eigenvalue weighted by atomic mass is 9.78. The molecule has 7 nitrogen and oxygen atoms in total. The normalized spacial score (nSPS) is 20.8. The third-order valence-electron chi connectivity index (χ3n) is 8.18. The zero-order valence-electron chi connectivity index (χ0n) is 23.5. The van der Waals surface area contributed by atoms with Gasteiger partial charge in [0.1, 0.15) is 23.0 Å². The highest BCUT2D eigenvalue weighted by Gasteiger charge is 2.35. The van der Waals surface area contributed by atoms with Crippen LogP contribution in [0.15, 0.2) is 106 Å². The third kappa shape index (κ3) is 5.55. The average Bonchev–Trinajstić information content (AvgIpc) is 3.44. The second-order valence-electron chi connectivity index (χ2n) is 10.9. The summed E-state index contributed by atoms with van der Waals surface area (Å²) in [6.45, 7) is 0. The molecular formula is C35H32N2O5. The number of hydrogen-bond acceptors (Lipinski definition) is 7. The van der Waals surface area contributed by atoms with Crippen LogP contribution in [0, 0.1) is 0 Å². The number of aliphatic hydroxyl groups is 1. The molecule has 0 bridgehead atoms. The Labute approximate surface area is 244 Å². The maximum Gasteiger partial charge on any atom is 0.168 e. The van der Waals surface area contributed by atoms with E-state index in [-0.39, 0.29) is 54.0 Å². The molecule has 1 heterocycles. The Morgan fingerprint density at radius 3 is 2.17 bits per heavy atom. The quantitative estimate of drug-likeness (QED) is 0.189. The number of para-hydroxylation sites is 2. The third-order valence-corrected chi connectivity index (χ3v) is 8.18. The van der Waals surface area contributed by atoms with Crippen LogP contribution in [0.25, 0.3) is 0 Å². The summed E-state index contributed by atoms with van der Waals surface area (Å²) in [6.07, 6.45) is 2.15.